The van der Waals surface area contributed by atoms with Crippen LogP contribution in [-0.2, 0) is 16.1 Å². The van der Waals surface area contributed by atoms with Crippen LogP contribution in [0.25, 0.3) is 0 Å². The SMILES string of the molecule is CCNC(=O)C(C)N(Cc1ccccc1)C(=O)CCSc1ccccc1. The van der Waals surface area contributed by atoms with Gasteiger partial charge in [0.15, 0.2) is 0 Å². The molecule has 0 radical (unpaired) electrons. The summed E-state index contributed by atoms with van der Waals surface area (Å²) in [5.74, 6) is 0.569. The third kappa shape index (κ3) is 6.23. The van der Waals surface area contributed by atoms with Crippen LogP contribution in [0.5, 0.6) is 0 Å². The minimum Gasteiger partial charge on any atom is -0.355 e. The van der Waals surface area contributed by atoms with E-state index in [9.17, 15) is 9.59 Å². The number of likely N-dealkylation sites (N-methyl/N-ethyl adjacent to an activating group) is 1. The molecule has 0 saturated heterocycles. The lowest BCUT2D eigenvalue weighted by Gasteiger charge is -2.28. The lowest BCUT2D eigenvalue weighted by Crippen LogP contribution is -2.47. The van der Waals surface area contributed by atoms with E-state index in [1.165, 1.54) is 0 Å². The number of hydrogen-bond acceptors (Lipinski definition) is 3. The van der Waals surface area contributed by atoms with E-state index in [1.54, 1.807) is 23.6 Å². The topological polar surface area (TPSA) is 49.4 Å². The molecule has 2 rings (SSSR count). The van der Waals surface area contributed by atoms with Gasteiger partial charge in [-0.3, -0.25) is 9.59 Å². The largest absolute Gasteiger partial charge is 0.355 e. The summed E-state index contributed by atoms with van der Waals surface area (Å²) < 4.78 is 0. The summed E-state index contributed by atoms with van der Waals surface area (Å²) in [6.45, 7) is 4.66. The molecule has 5 heteroatoms. The van der Waals surface area contributed by atoms with Gasteiger partial charge in [0.2, 0.25) is 11.8 Å². The van der Waals surface area contributed by atoms with Crippen LogP contribution in [0.2, 0.25) is 0 Å². The van der Waals surface area contributed by atoms with E-state index < -0.39 is 6.04 Å². The van der Waals surface area contributed by atoms with Crippen molar-refractivity contribution in [1.82, 2.24) is 10.2 Å². The number of benzene rings is 2. The molecule has 1 N–H and O–H groups in total. The lowest BCUT2D eigenvalue weighted by atomic mass is 10.1. The maximum atomic E-state index is 12.8. The zero-order chi connectivity index (χ0) is 18.8. The molecule has 2 aromatic rings. The van der Waals surface area contributed by atoms with Crippen molar-refractivity contribution in [2.75, 3.05) is 12.3 Å². The van der Waals surface area contributed by atoms with Crippen LogP contribution in [0.3, 0.4) is 0 Å². The summed E-state index contributed by atoms with van der Waals surface area (Å²) in [5.41, 5.74) is 1.02. The number of nitrogens with one attached hydrogen (secondary N) is 1. The Bertz CT molecular complexity index is 692. The molecule has 1 atom stereocenters. The van der Waals surface area contributed by atoms with Gasteiger partial charge in [0, 0.05) is 30.2 Å². The third-order valence-electron chi connectivity index (χ3n) is 4.04. The summed E-state index contributed by atoms with van der Waals surface area (Å²) >= 11 is 1.65. The molecule has 0 bridgehead atoms. The van der Waals surface area contributed by atoms with Crippen molar-refractivity contribution in [3.63, 3.8) is 0 Å². The lowest BCUT2D eigenvalue weighted by molar-refractivity contribution is -0.140. The molecule has 0 aliphatic heterocycles. The molecule has 0 heterocycles. The zero-order valence-electron chi connectivity index (χ0n) is 15.4. The molecule has 0 saturated carbocycles. The second-order valence-electron chi connectivity index (χ2n) is 5.99. The summed E-state index contributed by atoms with van der Waals surface area (Å²) in [5, 5.41) is 2.81. The van der Waals surface area contributed by atoms with E-state index in [0.29, 0.717) is 25.3 Å². The normalized spacial score (nSPS) is 11.6. The fourth-order valence-corrected chi connectivity index (χ4v) is 3.46. The quantitative estimate of drug-likeness (QED) is 0.685. The molecule has 138 valence electrons. The summed E-state index contributed by atoms with van der Waals surface area (Å²) in [6, 6.07) is 19.3. The second-order valence-corrected chi connectivity index (χ2v) is 7.16. The smallest absolute Gasteiger partial charge is 0.242 e. The Morgan fingerprint density at radius 1 is 1.04 bits per heavy atom. The van der Waals surface area contributed by atoms with Crippen LogP contribution >= 0.6 is 11.8 Å². The third-order valence-corrected chi connectivity index (χ3v) is 5.06. The van der Waals surface area contributed by atoms with Crippen LogP contribution in [-0.4, -0.2) is 35.1 Å². The number of carbonyl (C=O) groups excluding carboxylic acids is 2. The minimum atomic E-state index is -0.496. The first-order chi connectivity index (χ1) is 12.6. The molecule has 0 aromatic heterocycles. The van der Waals surface area contributed by atoms with Gasteiger partial charge in [0.25, 0.3) is 0 Å². The van der Waals surface area contributed by atoms with E-state index in [1.807, 2.05) is 67.6 Å². The van der Waals surface area contributed by atoms with Crippen LogP contribution in [0.4, 0.5) is 0 Å². The van der Waals surface area contributed by atoms with Crippen molar-refractivity contribution < 1.29 is 9.59 Å². The van der Waals surface area contributed by atoms with E-state index in [-0.39, 0.29) is 11.8 Å². The predicted molar refractivity (Wildman–Crippen MR) is 107 cm³/mol. The van der Waals surface area contributed by atoms with Crippen LogP contribution < -0.4 is 5.32 Å². The Balaban J connectivity index is 2.01. The van der Waals surface area contributed by atoms with Crippen LogP contribution in [0, 0.1) is 0 Å². The van der Waals surface area contributed by atoms with Gasteiger partial charge in [-0.15, -0.1) is 11.8 Å². The van der Waals surface area contributed by atoms with E-state index >= 15 is 0 Å². The number of carbonyl (C=O) groups is 2. The van der Waals surface area contributed by atoms with Gasteiger partial charge >= 0.3 is 0 Å². The van der Waals surface area contributed by atoms with Gasteiger partial charge in [-0.1, -0.05) is 48.5 Å². The predicted octanol–water partition coefficient (Wildman–Crippen LogP) is 3.72. The number of nitrogens with zero attached hydrogens (tertiary/aromatic N) is 1. The molecule has 4 nitrogen and oxygen atoms in total. The van der Waals surface area contributed by atoms with Crippen molar-refractivity contribution in [3.8, 4) is 0 Å². The van der Waals surface area contributed by atoms with Gasteiger partial charge in [0.05, 0.1) is 0 Å². The molecular weight excluding hydrogens is 344 g/mol. The molecule has 26 heavy (non-hydrogen) atoms. The standard InChI is InChI=1S/C21H26N2O2S/c1-3-22-21(25)17(2)23(16-18-10-6-4-7-11-18)20(24)14-15-26-19-12-8-5-9-13-19/h4-13,17H,3,14-16H2,1-2H3,(H,22,25). The molecule has 2 aromatic carbocycles. The second kappa shape index (κ2) is 10.7. The van der Waals surface area contributed by atoms with E-state index in [0.717, 1.165) is 10.5 Å². The highest BCUT2D eigenvalue weighted by Crippen LogP contribution is 2.19. The highest BCUT2D eigenvalue weighted by Gasteiger charge is 2.25. The highest BCUT2D eigenvalue weighted by atomic mass is 32.2. The maximum absolute atomic E-state index is 12.8. The molecule has 0 aliphatic carbocycles. The minimum absolute atomic E-state index is 0.00367. The van der Waals surface area contributed by atoms with E-state index in [2.05, 4.69) is 5.32 Å². The molecule has 0 fully saturated rings. The molecule has 1 unspecified atom stereocenters. The summed E-state index contributed by atoms with van der Waals surface area (Å²) in [6.07, 6.45) is 0.399. The maximum Gasteiger partial charge on any atom is 0.242 e. The van der Waals surface area contributed by atoms with Crippen molar-refractivity contribution >= 4 is 23.6 Å². The Morgan fingerprint density at radius 3 is 2.27 bits per heavy atom. The fourth-order valence-electron chi connectivity index (χ4n) is 2.60. The number of rotatable bonds is 9. The summed E-state index contributed by atoms with van der Waals surface area (Å²) in [7, 11) is 0. The van der Waals surface area contributed by atoms with Gasteiger partial charge in [0.1, 0.15) is 6.04 Å². The first-order valence-electron chi connectivity index (χ1n) is 8.90. The summed E-state index contributed by atoms with van der Waals surface area (Å²) in [4.78, 5) is 27.9. The Kier molecular flexibility index (Phi) is 8.22. The molecule has 0 spiro atoms. The Morgan fingerprint density at radius 2 is 1.65 bits per heavy atom. The molecule has 2 amide bonds. The van der Waals surface area contributed by atoms with Gasteiger partial charge in [-0.2, -0.15) is 0 Å². The number of amides is 2. The first kappa shape index (κ1) is 20.0. The van der Waals surface area contributed by atoms with Crippen molar-refractivity contribution in [2.24, 2.45) is 0 Å². The van der Waals surface area contributed by atoms with Crippen molar-refractivity contribution in [2.45, 2.75) is 37.8 Å². The monoisotopic (exact) mass is 370 g/mol. The molecular formula is C21H26N2O2S. The van der Waals surface area contributed by atoms with Gasteiger partial charge in [-0.25, -0.2) is 0 Å². The average molecular weight is 371 g/mol. The fraction of sp³-hybridized carbons (Fsp3) is 0.333. The zero-order valence-corrected chi connectivity index (χ0v) is 16.2. The van der Waals surface area contributed by atoms with Gasteiger partial charge in [-0.05, 0) is 31.5 Å². The number of hydrogen-bond donors (Lipinski definition) is 1. The van der Waals surface area contributed by atoms with Crippen molar-refractivity contribution in [3.05, 3.63) is 66.2 Å². The molecule has 0 aliphatic rings. The average Bonchev–Trinajstić information content (AvgIpc) is 2.67. The van der Waals surface area contributed by atoms with Gasteiger partial charge < -0.3 is 10.2 Å². The Labute approximate surface area is 160 Å². The van der Waals surface area contributed by atoms with Crippen LogP contribution in [0.1, 0.15) is 25.8 Å². The number of thioether (sulfide) groups is 1. The highest BCUT2D eigenvalue weighted by molar-refractivity contribution is 7.99. The first-order valence-corrected chi connectivity index (χ1v) is 9.89. The van der Waals surface area contributed by atoms with E-state index in [4.69, 9.17) is 0 Å². The Hall–Kier alpha value is -2.27. The van der Waals surface area contributed by atoms with Crippen molar-refractivity contribution in [1.29, 1.82) is 0 Å². The van der Waals surface area contributed by atoms with Crippen LogP contribution in [0.15, 0.2) is 65.6 Å².